The average molecular weight is 249 g/mol. The lowest BCUT2D eigenvalue weighted by Gasteiger charge is -2.26. The fourth-order valence-electron chi connectivity index (χ4n) is 2.24. The van der Waals surface area contributed by atoms with Crippen LogP contribution in [0.5, 0.6) is 0 Å². The summed E-state index contributed by atoms with van der Waals surface area (Å²) in [5.74, 6) is 0.761. The van der Waals surface area contributed by atoms with Gasteiger partial charge in [0.25, 0.3) is 0 Å². The minimum Gasteiger partial charge on any atom is -0.350 e. The standard InChI is InChI=1S/C10H19NO4S/c11-4-1-9-7-14-10(15-9)8-2-5-16(12,13)6-3-8/h8-10H,1-7,11H2. The van der Waals surface area contributed by atoms with Crippen LogP contribution in [0.4, 0.5) is 0 Å². The summed E-state index contributed by atoms with van der Waals surface area (Å²) in [5.41, 5.74) is 5.45. The number of sulfone groups is 1. The SMILES string of the molecule is NCCC1COC(C2CCS(=O)(=O)CC2)O1. The molecule has 2 atom stereocenters. The van der Waals surface area contributed by atoms with Gasteiger partial charge in [0, 0.05) is 5.92 Å². The molecule has 2 aliphatic heterocycles. The molecular weight excluding hydrogens is 230 g/mol. The number of ether oxygens (including phenoxy) is 2. The Kier molecular flexibility index (Phi) is 3.84. The van der Waals surface area contributed by atoms with Gasteiger partial charge in [-0.3, -0.25) is 0 Å². The van der Waals surface area contributed by atoms with Crippen LogP contribution in [0.1, 0.15) is 19.3 Å². The lowest BCUT2D eigenvalue weighted by molar-refractivity contribution is -0.0988. The molecule has 2 saturated heterocycles. The molecule has 0 spiro atoms. The molecule has 0 radical (unpaired) electrons. The van der Waals surface area contributed by atoms with Gasteiger partial charge in [0.15, 0.2) is 6.29 Å². The quantitative estimate of drug-likeness (QED) is 0.755. The summed E-state index contributed by atoms with van der Waals surface area (Å²) >= 11 is 0. The predicted molar refractivity (Wildman–Crippen MR) is 59.7 cm³/mol. The molecule has 0 aromatic rings. The molecule has 0 bridgehead atoms. The highest BCUT2D eigenvalue weighted by molar-refractivity contribution is 7.91. The second kappa shape index (κ2) is 5.00. The van der Waals surface area contributed by atoms with Gasteiger partial charge in [0.1, 0.15) is 9.84 Å². The van der Waals surface area contributed by atoms with Crippen LogP contribution >= 0.6 is 0 Å². The van der Waals surface area contributed by atoms with Crippen molar-refractivity contribution in [2.45, 2.75) is 31.7 Å². The van der Waals surface area contributed by atoms with Crippen LogP contribution < -0.4 is 5.73 Å². The van der Waals surface area contributed by atoms with Crippen LogP contribution in [0.25, 0.3) is 0 Å². The van der Waals surface area contributed by atoms with Crippen molar-refractivity contribution in [3.8, 4) is 0 Å². The molecule has 2 unspecified atom stereocenters. The van der Waals surface area contributed by atoms with Crippen LogP contribution in [0.3, 0.4) is 0 Å². The lowest BCUT2D eigenvalue weighted by atomic mass is 10.0. The third-order valence-electron chi connectivity index (χ3n) is 3.25. The number of hydrogen-bond donors (Lipinski definition) is 1. The molecule has 2 N–H and O–H groups in total. The lowest BCUT2D eigenvalue weighted by Crippen LogP contribution is -2.32. The van der Waals surface area contributed by atoms with Gasteiger partial charge in [-0.05, 0) is 25.8 Å². The maximum Gasteiger partial charge on any atom is 0.161 e. The van der Waals surface area contributed by atoms with E-state index >= 15 is 0 Å². The molecule has 5 nitrogen and oxygen atoms in total. The molecule has 0 aromatic carbocycles. The second-order valence-electron chi connectivity index (χ2n) is 4.53. The Morgan fingerprint density at radius 1 is 1.25 bits per heavy atom. The Bertz CT molecular complexity index is 316. The van der Waals surface area contributed by atoms with Crippen molar-refractivity contribution in [1.29, 1.82) is 0 Å². The van der Waals surface area contributed by atoms with Crippen LogP contribution in [0, 0.1) is 5.92 Å². The average Bonchev–Trinajstić information content (AvgIpc) is 2.67. The zero-order chi connectivity index (χ0) is 11.6. The van der Waals surface area contributed by atoms with E-state index in [9.17, 15) is 8.42 Å². The molecule has 0 aromatic heterocycles. The first-order valence-electron chi connectivity index (χ1n) is 5.78. The van der Waals surface area contributed by atoms with E-state index < -0.39 is 9.84 Å². The maximum atomic E-state index is 11.3. The third kappa shape index (κ3) is 2.94. The predicted octanol–water partition coefficient (Wildman–Crippen LogP) is -0.0985. The van der Waals surface area contributed by atoms with E-state index in [4.69, 9.17) is 15.2 Å². The summed E-state index contributed by atoms with van der Waals surface area (Å²) in [5, 5.41) is 0. The van der Waals surface area contributed by atoms with Crippen molar-refractivity contribution in [3.05, 3.63) is 0 Å². The van der Waals surface area contributed by atoms with Gasteiger partial charge in [-0.15, -0.1) is 0 Å². The highest BCUT2D eigenvalue weighted by Gasteiger charge is 2.35. The molecular formula is C10H19NO4S. The van der Waals surface area contributed by atoms with Gasteiger partial charge in [-0.1, -0.05) is 0 Å². The van der Waals surface area contributed by atoms with E-state index in [1.165, 1.54) is 0 Å². The Morgan fingerprint density at radius 3 is 2.56 bits per heavy atom. The molecule has 0 saturated carbocycles. The first-order chi connectivity index (χ1) is 7.61. The topological polar surface area (TPSA) is 78.6 Å². The van der Waals surface area contributed by atoms with Gasteiger partial charge in [0.05, 0.1) is 24.2 Å². The van der Waals surface area contributed by atoms with E-state index in [2.05, 4.69) is 0 Å². The molecule has 2 heterocycles. The maximum absolute atomic E-state index is 11.3. The van der Waals surface area contributed by atoms with Gasteiger partial charge >= 0.3 is 0 Å². The van der Waals surface area contributed by atoms with Gasteiger partial charge in [-0.25, -0.2) is 8.42 Å². The number of hydrogen-bond acceptors (Lipinski definition) is 5. The van der Waals surface area contributed by atoms with E-state index in [-0.39, 0.29) is 29.8 Å². The molecule has 2 rings (SSSR count). The summed E-state index contributed by atoms with van der Waals surface area (Å²) in [6, 6.07) is 0. The van der Waals surface area contributed by atoms with Crippen LogP contribution in [-0.2, 0) is 19.3 Å². The normalized spacial score (nSPS) is 35.3. The first kappa shape index (κ1) is 12.3. The Balaban J connectivity index is 1.82. The molecule has 6 heteroatoms. The second-order valence-corrected chi connectivity index (χ2v) is 6.83. The number of rotatable bonds is 3. The summed E-state index contributed by atoms with van der Waals surface area (Å²) < 4.78 is 33.8. The fraction of sp³-hybridized carbons (Fsp3) is 1.00. The third-order valence-corrected chi connectivity index (χ3v) is 4.96. The molecule has 2 aliphatic rings. The van der Waals surface area contributed by atoms with E-state index in [0.717, 1.165) is 6.42 Å². The largest absolute Gasteiger partial charge is 0.350 e. The van der Waals surface area contributed by atoms with Crippen LogP contribution in [-0.4, -0.2) is 45.5 Å². The van der Waals surface area contributed by atoms with Crippen molar-refractivity contribution < 1.29 is 17.9 Å². The molecule has 16 heavy (non-hydrogen) atoms. The van der Waals surface area contributed by atoms with Crippen molar-refractivity contribution in [3.63, 3.8) is 0 Å². The summed E-state index contributed by atoms with van der Waals surface area (Å²) in [6.45, 7) is 1.19. The molecule has 2 fully saturated rings. The molecule has 0 aliphatic carbocycles. The summed E-state index contributed by atoms with van der Waals surface area (Å²) in [4.78, 5) is 0. The van der Waals surface area contributed by atoms with E-state index in [1.807, 2.05) is 0 Å². The smallest absolute Gasteiger partial charge is 0.161 e. The van der Waals surface area contributed by atoms with Crippen molar-refractivity contribution in [1.82, 2.24) is 0 Å². The summed E-state index contributed by atoms with van der Waals surface area (Å²) in [7, 11) is -2.80. The highest BCUT2D eigenvalue weighted by atomic mass is 32.2. The monoisotopic (exact) mass is 249 g/mol. The minimum absolute atomic E-state index is 0.0912. The van der Waals surface area contributed by atoms with Gasteiger partial charge < -0.3 is 15.2 Å². The zero-order valence-electron chi connectivity index (χ0n) is 9.30. The Labute approximate surface area is 96.2 Å². The molecule has 94 valence electrons. The minimum atomic E-state index is -2.80. The molecule has 0 amide bonds. The van der Waals surface area contributed by atoms with Crippen LogP contribution in [0.2, 0.25) is 0 Å². The zero-order valence-corrected chi connectivity index (χ0v) is 10.1. The summed E-state index contributed by atoms with van der Waals surface area (Å²) in [6.07, 6.45) is 1.99. The Hall–Kier alpha value is -0.170. The number of nitrogens with two attached hydrogens (primary N) is 1. The van der Waals surface area contributed by atoms with Crippen molar-refractivity contribution in [2.75, 3.05) is 24.7 Å². The van der Waals surface area contributed by atoms with Crippen molar-refractivity contribution >= 4 is 9.84 Å². The van der Waals surface area contributed by atoms with E-state index in [0.29, 0.717) is 26.0 Å². The Morgan fingerprint density at radius 2 is 1.94 bits per heavy atom. The van der Waals surface area contributed by atoms with Crippen molar-refractivity contribution in [2.24, 2.45) is 11.7 Å². The van der Waals surface area contributed by atoms with Gasteiger partial charge in [0.2, 0.25) is 0 Å². The van der Waals surface area contributed by atoms with E-state index in [1.54, 1.807) is 0 Å². The van der Waals surface area contributed by atoms with Gasteiger partial charge in [-0.2, -0.15) is 0 Å². The van der Waals surface area contributed by atoms with Crippen LogP contribution in [0.15, 0.2) is 0 Å². The fourth-order valence-corrected chi connectivity index (χ4v) is 3.76. The highest BCUT2D eigenvalue weighted by Crippen LogP contribution is 2.29. The first-order valence-corrected chi connectivity index (χ1v) is 7.60.